The molecule has 1 aliphatic rings. The van der Waals surface area contributed by atoms with Crippen molar-refractivity contribution in [3.63, 3.8) is 0 Å². The second kappa shape index (κ2) is 4.88. The zero-order valence-electron chi connectivity index (χ0n) is 10.4. The van der Waals surface area contributed by atoms with Crippen molar-refractivity contribution < 1.29 is 4.74 Å². The van der Waals surface area contributed by atoms with E-state index >= 15 is 0 Å². The van der Waals surface area contributed by atoms with Crippen LogP contribution in [0.5, 0.6) is 5.75 Å². The highest BCUT2D eigenvalue weighted by atomic mass is 16.5. The number of fused-ring (bicyclic) bond motifs is 1. The Kier molecular flexibility index (Phi) is 3.49. The SMILES string of the molecule is CC(C)C(C)NC1CCOc2ccccc21. The minimum absolute atomic E-state index is 0.447. The lowest BCUT2D eigenvalue weighted by atomic mass is 9.97. The Morgan fingerprint density at radius 3 is 2.75 bits per heavy atom. The summed E-state index contributed by atoms with van der Waals surface area (Å²) in [6.07, 6.45) is 1.06. The summed E-state index contributed by atoms with van der Waals surface area (Å²) < 4.78 is 5.66. The van der Waals surface area contributed by atoms with Crippen LogP contribution in [0.2, 0.25) is 0 Å². The van der Waals surface area contributed by atoms with Crippen LogP contribution in [0.4, 0.5) is 0 Å². The molecule has 1 aliphatic heterocycles. The van der Waals surface area contributed by atoms with E-state index < -0.39 is 0 Å². The third-order valence-corrected chi connectivity index (χ3v) is 3.42. The monoisotopic (exact) mass is 219 g/mol. The summed E-state index contributed by atoms with van der Waals surface area (Å²) in [5.74, 6) is 1.71. The van der Waals surface area contributed by atoms with Crippen LogP contribution in [0.1, 0.15) is 38.8 Å². The molecule has 2 nitrogen and oxygen atoms in total. The Morgan fingerprint density at radius 2 is 2.00 bits per heavy atom. The molecule has 1 N–H and O–H groups in total. The second-order valence-corrected chi connectivity index (χ2v) is 4.93. The number of para-hydroxylation sites is 1. The fraction of sp³-hybridized carbons (Fsp3) is 0.571. The van der Waals surface area contributed by atoms with Gasteiger partial charge in [-0.3, -0.25) is 0 Å². The molecule has 2 rings (SSSR count). The Hall–Kier alpha value is -1.02. The number of benzene rings is 1. The summed E-state index contributed by atoms with van der Waals surface area (Å²) in [5, 5.41) is 3.69. The molecule has 2 atom stereocenters. The predicted octanol–water partition coefficient (Wildman–Crippen LogP) is 3.14. The number of hydrogen-bond acceptors (Lipinski definition) is 2. The molecule has 0 spiro atoms. The van der Waals surface area contributed by atoms with Gasteiger partial charge in [0.05, 0.1) is 6.61 Å². The van der Waals surface area contributed by atoms with Crippen LogP contribution >= 0.6 is 0 Å². The van der Waals surface area contributed by atoms with E-state index in [1.165, 1.54) is 5.56 Å². The molecule has 0 fully saturated rings. The van der Waals surface area contributed by atoms with Crippen molar-refractivity contribution in [1.82, 2.24) is 5.32 Å². The molecule has 0 aromatic heterocycles. The molecule has 0 amide bonds. The lowest BCUT2D eigenvalue weighted by Crippen LogP contribution is -2.36. The Bertz CT molecular complexity index is 348. The second-order valence-electron chi connectivity index (χ2n) is 4.93. The van der Waals surface area contributed by atoms with Crippen LogP contribution in [0.15, 0.2) is 24.3 Å². The Morgan fingerprint density at radius 1 is 1.25 bits per heavy atom. The van der Waals surface area contributed by atoms with E-state index in [0.717, 1.165) is 18.8 Å². The third kappa shape index (κ3) is 2.38. The largest absolute Gasteiger partial charge is 0.493 e. The molecule has 1 aromatic carbocycles. The first-order valence-corrected chi connectivity index (χ1v) is 6.16. The number of hydrogen-bond donors (Lipinski definition) is 1. The summed E-state index contributed by atoms with van der Waals surface area (Å²) in [7, 11) is 0. The summed E-state index contributed by atoms with van der Waals surface area (Å²) in [6.45, 7) is 7.58. The van der Waals surface area contributed by atoms with Gasteiger partial charge >= 0.3 is 0 Å². The topological polar surface area (TPSA) is 21.3 Å². The highest BCUT2D eigenvalue weighted by Gasteiger charge is 2.22. The van der Waals surface area contributed by atoms with Crippen molar-refractivity contribution in [1.29, 1.82) is 0 Å². The van der Waals surface area contributed by atoms with E-state index in [-0.39, 0.29) is 0 Å². The summed E-state index contributed by atoms with van der Waals surface area (Å²) in [5.41, 5.74) is 1.31. The molecular weight excluding hydrogens is 198 g/mol. The first kappa shape index (κ1) is 11.5. The van der Waals surface area contributed by atoms with E-state index in [9.17, 15) is 0 Å². The maximum atomic E-state index is 5.66. The number of nitrogens with one attached hydrogen (secondary N) is 1. The van der Waals surface area contributed by atoms with Crippen LogP contribution in [0.3, 0.4) is 0 Å². The molecule has 1 heterocycles. The van der Waals surface area contributed by atoms with E-state index in [0.29, 0.717) is 18.0 Å². The summed E-state index contributed by atoms with van der Waals surface area (Å²) in [6, 6.07) is 9.33. The van der Waals surface area contributed by atoms with Gasteiger partial charge < -0.3 is 10.1 Å². The molecule has 2 unspecified atom stereocenters. The molecule has 0 saturated heterocycles. The molecule has 2 heteroatoms. The fourth-order valence-corrected chi connectivity index (χ4v) is 2.02. The predicted molar refractivity (Wildman–Crippen MR) is 66.7 cm³/mol. The average molecular weight is 219 g/mol. The van der Waals surface area contributed by atoms with Crippen molar-refractivity contribution in [2.75, 3.05) is 6.61 Å². The zero-order valence-corrected chi connectivity index (χ0v) is 10.4. The van der Waals surface area contributed by atoms with Crippen molar-refractivity contribution in [3.8, 4) is 5.75 Å². The van der Waals surface area contributed by atoms with E-state index in [4.69, 9.17) is 4.74 Å². The molecule has 1 aromatic rings. The van der Waals surface area contributed by atoms with Gasteiger partial charge in [0.2, 0.25) is 0 Å². The maximum Gasteiger partial charge on any atom is 0.124 e. The van der Waals surface area contributed by atoms with Gasteiger partial charge in [-0.05, 0) is 18.9 Å². The third-order valence-electron chi connectivity index (χ3n) is 3.42. The van der Waals surface area contributed by atoms with Gasteiger partial charge in [-0.2, -0.15) is 0 Å². The van der Waals surface area contributed by atoms with Crippen molar-refractivity contribution >= 4 is 0 Å². The van der Waals surface area contributed by atoms with E-state index in [1.54, 1.807) is 0 Å². The molecular formula is C14H21NO. The lowest BCUT2D eigenvalue weighted by Gasteiger charge is -2.30. The van der Waals surface area contributed by atoms with Crippen molar-refractivity contribution in [3.05, 3.63) is 29.8 Å². The van der Waals surface area contributed by atoms with Crippen LogP contribution in [-0.4, -0.2) is 12.6 Å². The number of ether oxygens (including phenoxy) is 1. The van der Waals surface area contributed by atoms with Gasteiger partial charge in [-0.1, -0.05) is 32.0 Å². The summed E-state index contributed by atoms with van der Waals surface area (Å²) >= 11 is 0. The van der Waals surface area contributed by atoms with Gasteiger partial charge in [-0.25, -0.2) is 0 Å². The van der Waals surface area contributed by atoms with Crippen LogP contribution in [0.25, 0.3) is 0 Å². The van der Waals surface area contributed by atoms with Gasteiger partial charge in [-0.15, -0.1) is 0 Å². The first-order valence-electron chi connectivity index (χ1n) is 6.16. The first-order chi connectivity index (χ1) is 7.68. The average Bonchev–Trinajstić information content (AvgIpc) is 2.29. The minimum Gasteiger partial charge on any atom is -0.493 e. The van der Waals surface area contributed by atoms with Crippen molar-refractivity contribution in [2.24, 2.45) is 5.92 Å². The highest BCUT2D eigenvalue weighted by Crippen LogP contribution is 2.32. The van der Waals surface area contributed by atoms with Gasteiger partial charge in [0.15, 0.2) is 0 Å². The van der Waals surface area contributed by atoms with Gasteiger partial charge in [0, 0.05) is 24.1 Å². The molecule has 16 heavy (non-hydrogen) atoms. The lowest BCUT2D eigenvalue weighted by molar-refractivity contribution is 0.237. The van der Waals surface area contributed by atoms with Gasteiger partial charge in [0.25, 0.3) is 0 Å². The highest BCUT2D eigenvalue weighted by molar-refractivity contribution is 5.37. The van der Waals surface area contributed by atoms with Crippen LogP contribution in [0, 0.1) is 5.92 Å². The maximum absolute atomic E-state index is 5.66. The number of rotatable bonds is 3. The molecule has 0 bridgehead atoms. The molecule has 0 aliphatic carbocycles. The van der Waals surface area contributed by atoms with Crippen LogP contribution < -0.4 is 10.1 Å². The Labute approximate surface area is 98.0 Å². The normalized spacial score (nSPS) is 21.4. The standard InChI is InChI=1S/C14H21NO/c1-10(2)11(3)15-13-8-9-16-14-7-5-4-6-12(13)14/h4-7,10-11,13,15H,8-9H2,1-3H3. The van der Waals surface area contributed by atoms with Crippen molar-refractivity contribution in [2.45, 2.75) is 39.3 Å². The van der Waals surface area contributed by atoms with E-state index in [2.05, 4.69) is 44.3 Å². The fourth-order valence-electron chi connectivity index (χ4n) is 2.02. The minimum atomic E-state index is 0.447. The van der Waals surface area contributed by atoms with Crippen LogP contribution in [-0.2, 0) is 0 Å². The quantitative estimate of drug-likeness (QED) is 0.843. The van der Waals surface area contributed by atoms with Gasteiger partial charge in [0.1, 0.15) is 5.75 Å². The molecule has 0 saturated carbocycles. The smallest absolute Gasteiger partial charge is 0.124 e. The Balaban J connectivity index is 2.13. The summed E-state index contributed by atoms with van der Waals surface area (Å²) in [4.78, 5) is 0. The molecule has 0 radical (unpaired) electrons. The zero-order chi connectivity index (χ0) is 11.5. The van der Waals surface area contributed by atoms with E-state index in [1.807, 2.05) is 6.07 Å². The molecule has 88 valence electrons.